The van der Waals surface area contributed by atoms with Crippen molar-refractivity contribution < 1.29 is 9.53 Å². The second kappa shape index (κ2) is 7.27. The van der Waals surface area contributed by atoms with Crippen molar-refractivity contribution in [2.24, 2.45) is 0 Å². The molecule has 0 radical (unpaired) electrons. The van der Waals surface area contributed by atoms with Gasteiger partial charge in [0.05, 0.1) is 6.10 Å². The molecule has 3 nitrogen and oxygen atoms in total. The summed E-state index contributed by atoms with van der Waals surface area (Å²) in [5.74, 6) is 0.569. The van der Waals surface area contributed by atoms with Crippen molar-refractivity contribution >= 4 is 27.5 Å². The SMILES string of the molecule is CCC(C)Oc1cccc(C(=O)Nc2ccc(Br)cc2)c1. The van der Waals surface area contributed by atoms with Gasteiger partial charge in [0.1, 0.15) is 5.75 Å². The van der Waals surface area contributed by atoms with Gasteiger partial charge in [-0.2, -0.15) is 0 Å². The lowest BCUT2D eigenvalue weighted by Crippen LogP contribution is -2.13. The van der Waals surface area contributed by atoms with Gasteiger partial charge in [0.25, 0.3) is 5.91 Å². The molecule has 1 atom stereocenters. The molecule has 2 aromatic carbocycles. The summed E-state index contributed by atoms with van der Waals surface area (Å²) in [7, 11) is 0. The molecule has 2 rings (SSSR count). The summed E-state index contributed by atoms with van der Waals surface area (Å²) in [5.41, 5.74) is 1.34. The topological polar surface area (TPSA) is 38.3 Å². The van der Waals surface area contributed by atoms with Crippen LogP contribution < -0.4 is 10.1 Å². The first-order chi connectivity index (χ1) is 10.1. The maximum Gasteiger partial charge on any atom is 0.255 e. The number of anilines is 1. The molecule has 1 unspecified atom stereocenters. The summed E-state index contributed by atoms with van der Waals surface area (Å²) in [6.07, 6.45) is 1.06. The molecule has 4 heteroatoms. The zero-order chi connectivity index (χ0) is 15.2. The Bertz CT molecular complexity index is 610. The fraction of sp³-hybridized carbons (Fsp3) is 0.235. The van der Waals surface area contributed by atoms with Gasteiger partial charge in [-0.05, 0) is 55.8 Å². The Kier molecular flexibility index (Phi) is 5.39. The molecule has 21 heavy (non-hydrogen) atoms. The third-order valence-electron chi connectivity index (χ3n) is 3.11. The summed E-state index contributed by atoms with van der Waals surface area (Å²) in [6, 6.07) is 14.7. The quantitative estimate of drug-likeness (QED) is 0.836. The van der Waals surface area contributed by atoms with Crippen LogP contribution in [0.4, 0.5) is 5.69 Å². The highest BCUT2D eigenvalue weighted by atomic mass is 79.9. The van der Waals surface area contributed by atoms with Gasteiger partial charge in [-0.15, -0.1) is 0 Å². The van der Waals surface area contributed by atoms with Crippen LogP contribution in [0.2, 0.25) is 0 Å². The minimum absolute atomic E-state index is 0.134. The smallest absolute Gasteiger partial charge is 0.255 e. The first-order valence-corrected chi connectivity index (χ1v) is 7.71. The van der Waals surface area contributed by atoms with Crippen molar-refractivity contribution in [3.63, 3.8) is 0 Å². The summed E-state index contributed by atoms with van der Waals surface area (Å²) < 4.78 is 6.71. The molecule has 1 N–H and O–H groups in total. The third-order valence-corrected chi connectivity index (χ3v) is 3.64. The lowest BCUT2D eigenvalue weighted by Gasteiger charge is -2.13. The van der Waals surface area contributed by atoms with E-state index in [9.17, 15) is 4.79 Å². The molecule has 0 saturated carbocycles. The molecule has 0 aliphatic rings. The summed E-state index contributed by atoms with van der Waals surface area (Å²) in [5, 5.41) is 2.86. The predicted octanol–water partition coefficient (Wildman–Crippen LogP) is 4.88. The Labute approximate surface area is 133 Å². The van der Waals surface area contributed by atoms with Gasteiger partial charge < -0.3 is 10.1 Å². The molecule has 110 valence electrons. The van der Waals surface area contributed by atoms with E-state index in [4.69, 9.17) is 4.74 Å². The largest absolute Gasteiger partial charge is 0.491 e. The van der Waals surface area contributed by atoms with Gasteiger partial charge in [0.2, 0.25) is 0 Å². The number of ether oxygens (including phenoxy) is 1. The maximum absolute atomic E-state index is 12.2. The average Bonchev–Trinajstić information content (AvgIpc) is 2.49. The number of halogens is 1. The molecule has 0 aromatic heterocycles. The van der Waals surface area contributed by atoms with Crippen LogP contribution in [0.1, 0.15) is 30.6 Å². The van der Waals surface area contributed by atoms with Crippen molar-refractivity contribution in [1.82, 2.24) is 0 Å². The Balaban J connectivity index is 2.08. The molecular weight excluding hydrogens is 330 g/mol. The second-order valence-electron chi connectivity index (χ2n) is 4.83. The monoisotopic (exact) mass is 347 g/mol. The molecular formula is C17H18BrNO2. The zero-order valence-corrected chi connectivity index (χ0v) is 13.7. The number of carbonyl (C=O) groups is 1. The Morgan fingerprint density at radius 1 is 1.24 bits per heavy atom. The number of hydrogen-bond acceptors (Lipinski definition) is 2. The fourth-order valence-corrected chi connectivity index (χ4v) is 2.03. The highest BCUT2D eigenvalue weighted by Gasteiger charge is 2.08. The van der Waals surface area contributed by atoms with E-state index in [0.717, 1.165) is 16.6 Å². The van der Waals surface area contributed by atoms with E-state index >= 15 is 0 Å². The van der Waals surface area contributed by atoms with Crippen molar-refractivity contribution in [2.45, 2.75) is 26.4 Å². The molecule has 0 aliphatic carbocycles. The second-order valence-corrected chi connectivity index (χ2v) is 5.74. The van der Waals surface area contributed by atoms with Gasteiger partial charge >= 0.3 is 0 Å². The summed E-state index contributed by atoms with van der Waals surface area (Å²) in [4.78, 5) is 12.2. The number of benzene rings is 2. The molecule has 0 aliphatic heterocycles. The lowest BCUT2D eigenvalue weighted by molar-refractivity contribution is 0.102. The van der Waals surface area contributed by atoms with Gasteiger partial charge in [-0.3, -0.25) is 4.79 Å². The molecule has 0 spiro atoms. The number of rotatable bonds is 5. The van der Waals surface area contributed by atoms with E-state index in [2.05, 4.69) is 28.2 Å². The van der Waals surface area contributed by atoms with Crippen molar-refractivity contribution in [3.8, 4) is 5.75 Å². The van der Waals surface area contributed by atoms with Crippen LogP contribution in [0.25, 0.3) is 0 Å². The fourth-order valence-electron chi connectivity index (χ4n) is 1.76. The van der Waals surface area contributed by atoms with Gasteiger partial charge in [-0.1, -0.05) is 28.9 Å². The first-order valence-electron chi connectivity index (χ1n) is 6.92. The standard InChI is InChI=1S/C17H18BrNO2/c1-3-12(2)21-16-6-4-5-13(11-16)17(20)19-15-9-7-14(18)8-10-15/h4-12H,3H2,1-2H3,(H,19,20). The van der Waals surface area contributed by atoms with E-state index in [0.29, 0.717) is 11.3 Å². The predicted molar refractivity (Wildman–Crippen MR) is 88.9 cm³/mol. The van der Waals surface area contributed by atoms with Crippen LogP contribution in [0.3, 0.4) is 0 Å². The lowest BCUT2D eigenvalue weighted by atomic mass is 10.2. The van der Waals surface area contributed by atoms with Crippen molar-refractivity contribution in [1.29, 1.82) is 0 Å². The van der Waals surface area contributed by atoms with Crippen LogP contribution in [0.15, 0.2) is 53.0 Å². The van der Waals surface area contributed by atoms with Gasteiger partial charge in [0.15, 0.2) is 0 Å². The molecule has 2 aromatic rings. The highest BCUT2D eigenvalue weighted by molar-refractivity contribution is 9.10. The summed E-state index contributed by atoms with van der Waals surface area (Å²) >= 11 is 3.37. The third kappa shape index (κ3) is 4.60. The first kappa shape index (κ1) is 15.6. The van der Waals surface area contributed by atoms with Crippen LogP contribution >= 0.6 is 15.9 Å². The van der Waals surface area contributed by atoms with E-state index in [-0.39, 0.29) is 12.0 Å². The van der Waals surface area contributed by atoms with Crippen molar-refractivity contribution in [2.75, 3.05) is 5.32 Å². The average molecular weight is 348 g/mol. The van der Waals surface area contributed by atoms with Crippen molar-refractivity contribution in [3.05, 3.63) is 58.6 Å². The van der Waals surface area contributed by atoms with E-state index in [1.165, 1.54) is 0 Å². The Hall–Kier alpha value is -1.81. The molecule has 0 heterocycles. The van der Waals surface area contributed by atoms with Crippen LogP contribution in [0.5, 0.6) is 5.75 Å². The highest BCUT2D eigenvalue weighted by Crippen LogP contribution is 2.18. The molecule has 0 fully saturated rings. The molecule has 0 bridgehead atoms. The Morgan fingerprint density at radius 3 is 2.62 bits per heavy atom. The number of hydrogen-bond donors (Lipinski definition) is 1. The van der Waals surface area contributed by atoms with E-state index < -0.39 is 0 Å². The molecule has 1 amide bonds. The number of nitrogens with one attached hydrogen (secondary N) is 1. The normalized spacial score (nSPS) is 11.8. The van der Waals surface area contributed by atoms with Crippen LogP contribution in [0, 0.1) is 0 Å². The van der Waals surface area contributed by atoms with E-state index in [1.54, 1.807) is 12.1 Å². The summed E-state index contributed by atoms with van der Waals surface area (Å²) in [6.45, 7) is 4.07. The zero-order valence-electron chi connectivity index (χ0n) is 12.1. The minimum atomic E-state index is -0.146. The van der Waals surface area contributed by atoms with Crippen LogP contribution in [-0.2, 0) is 0 Å². The maximum atomic E-state index is 12.2. The Morgan fingerprint density at radius 2 is 1.95 bits per heavy atom. The molecule has 0 saturated heterocycles. The van der Waals surface area contributed by atoms with Gasteiger partial charge in [0, 0.05) is 15.7 Å². The van der Waals surface area contributed by atoms with Gasteiger partial charge in [-0.25, -0.2) is 0 Å². The number of amides is 1. The number of carbonyl (C=O) groups excluding carboxylic acids is 1. The van der Waals surface area contributed by atoms with E-state index in [1.807, 2.05) is 43.3 Å². The minimum Gasteiger partial charge on any atom is -0.491 e. The van der Waals surface area contributed by atoms with Crippen LogP contribution in [-0.4, -0.2) is 12.0 Å².